The highest BCUT2D eigenvalue weighted by atomic mass is 16.5. The van der Waals surface area contributed by atoms with Gasteiger partial charge in [-0.25, -0.2) is 9.97 Å². The number of aromatic nitrogens is 4. The van der Waals surface area contributed by atoms with Crippen LogP contribution in [0, 0.1) is 0 Å². The van der Waals surface area contributed by atoms with E-state index in [2.05, 4.69) is 19.9 Å². The summed E-state index contributed by atoms with van der Waals surface area (Å²) in [7, 11) is 1.63. The standard InChI is InChI=1S/C24H23N5O3/c1-31-18-6-4-17(5-7-18)24(30)8-12-29(13-9-24)23-27-15-19(20-16-25-10-11-26-20)22(28-23)21-3-2-14-32-21/h2-7,10-11,14-16,30H,8-9,12-13H2,1H3. The summed E-state index contributed by atoms with van der Waals surface area (Å²) in [4.78, 5) is 20.0. The van der Waals surface area contributed by atoms with Crippen molar-refractivity contribution in [2.75, 3.05) is 25.1 Å². The average molecular weight is 429 g/mol. The van der Waals surface area contributed by atoms with E-state index in [1.807, 2.05) is 36.4 Å². The Bertz CT molecular complexity index is 1170. The zero-order valence-corrected chi connectivity index (χ0v) is 17.7. The van der Waals surface area contributed by atoms with Crippen LogP contribution in [0.4, 0.5) is 5.95 Å². The third-order valence-electron chi connectivity index (χ3n) is 5.87. The molecule has 8 heteroatoms. The number of hydrogen-bond donors (Lipinski definition) is 1. The minimum atomic E-state index is -0.883. The molecule has 1 aliphatic heterocycles. The lowest BCUT2D eigenvalue weighted by Crippen LogP contribution is -2.43. The molecular weight excluding hydrogens is 406 g/mol. The highest BCUT2D eigenvalue weighted by Gasteiger charge is 2.35. The van der Waals surface area contributed by atoms with E-state index in [4.69, 9.17) is 14.1 Å². The largest absolute Gasteiger partial charge is 0.497 e. The molecule has 162 valence electrons. The maximum absolute atomic E-state index is 11.2. The van der Waals surface area contributed by atoms with Gasteiger partial charge in [-0.3, -0.25) is 9.97 Å². The minimum absolute atomic E-state index is 0.574. The van der Waals surface area contributed by atoms with Gasteiger partial charge in [0.15, 0.2) is 5.76 Å². The molecule has 0 atom stereocenters. The first kappa shape index (κ1) is 20.1. The van der Waals surface area contributed by atoms with Crippen LogP contribution < -0.4 is 9.64 Å². The van der Waals surface area contributed by atoms with Crippen molar-refractivity contribution in [2.45, 2.75) is 18.4 Å². The molecule has 3 aromatic heterocycles. The first-order chi connectivity index (χ1) is 15.7. The average Bonchev–Trinajstić information content (AvgIpc) is 3.40. The summed E-state index contributed by atoms with van der Waals surface area (Å²) in [6.07, 6.45) is 9.47. The van der Waals surface area contributed by atoms with E-state index in [-0.39, 0.29) is 0 Å². The van der Waals surface area contributed by atoms with Crippen LogP contribution in [0.15, 0.2) is 71.9 Å². The summed E-state index contributed by atoms with van der Waals surface area (Å²) in [6, 6.07) is 11.3. The van der Waals surface area contributed by atoms with Crippen LogP contribution in [0.3, 0.4) is 0 Å². The van der Waals surface area contributed by atoms with Crippen molar-refractivity contribution in [1.29, 1.82) is 0 Å². The molecule has 0 amide bonds. The van der Waals surface area contributed by atoms with Crippen molar-refractivity contribution < 1.29 is 14.3 Å². The molecule has 1 saturated heterocycles. The Morgan fingerprint density at radius 3 is 2.50 bits per heavy atom. The first-order valence-corrected chi connectivity index (χ1v) is 10.5. The van der Waals surface area contributed by atoms with Gasteiger partial charge in [0, 0.05) is 37.2 Å². The summed E-state index contributed by atoms with van der Waals surface area (Å²) in [5.41, 5.74) is 2.11. The van der Waals surface area contributed by atoms with Crippen molar-refractivity contribution in [3.8, 4) is 28.5 Å². The van der Waals surface area contributed by atoms with E-state index < -0.39 is 5.60 Å². The van der Waals surface area contributed by atoms with Crippen LogP contribution in [0.2, 0.25) is 0 Å². The number of piperidine rings is 1. The zero-order valence-electron chi connectivity index (χ0n) is 17.7. The van der Waals surface area contributed by atoms with Gasteiger partial charge in [-0.15, -0.1) is 0 Å². The van der Waals surface area contributed by atoms with Crippen molar-refractivity contribution in [2.24, 2.45) is 0 Å². The summed E-state index contributed by atoms with van der Waals surface area (Å²) in [6.45, 7) is 1.26. The highest BCUT2D eigenvalue weighted by Crippen LogP contribution is 2.36. The quantitative estimate of drug-likeness (QED) is 0.513. The number of hydrogen-bond acceptors (Lipinski definition) is 8. The lowest BCUT2D eigenvalue weighted by Gasteiger charge is -2.38. The number of methoxy groups -OCH3 is 1. The van der Waals surface area contributed by atoms with Gasteiger partial charge in [-0.05, 0) is 42.7 Å². The van der Waals surface area contributed by atoms with Crippen LogP contribution in [0.25, 0.3) is 22.7 Å². The predicted octanol–water partition coefficient (Wildman–Crippen LogP) is 3.69. The Morgan fingerprint density at radius 1 is 1.03 bits per heavy atom. The molecule has 0 bridgehead atoms. The van der Waals surface area contributed by atoms with Crippen molar-refractivity contribution in [3.63, 3.8) is 0 Å². The van der Waals surface area contributed by atoms with E-state index in [1.165, 1.54) is 0 Å². The summed E-state index contributed by atoms with van der Waals surface area (Å²) < 4.78 is 10.9. The van der Waals surface area contributed by atoms with Gasteiger partial charge in [0.1, 0.15) is 11.4 Å². The maximum Gasteiger partial charge on any atom is 0.226 e. The van der Waals surface area contributed by atoms with Crippen molar-refractivity contribution in [1.82, 2.24) is 19.9 Å². The molecule has 8 nitrogen and oxygen atoms in total. The number of furan rings is 1. The van der Waals surface area contributed by atoms with Gasteiger partial charge in [-0.2, -0.15) is 0 Å². The second kappa shape index (κ2) is 8.39. The third kappa shape index (κ3) is 3.80. The molecule has 4 aromatic rings. The Morgan fingerprint density at radius 2 is 1.84 bits per heavy atom. The van der Waals surface area contributed by atoms with Gasteiger partial charge in [-0.1, -0.05) is 12.1 Å². The van der Waals surface area contributed by atoms with E-state index in [1.54, 1.807) is 38.2 Å². The second-order valence-corrected chi connectivity index (χ2v) is 7.75. The van der Waals surface area contributed by atoms with E-state index >= 15 is 0 Å². The lowest BCUT2D eigenvalue weighted by atomic mass is 9.84. The minimum Gasteiger partial charge on any atom is -0.497 e. The molecule has 0 saturated carbocycles. The fourth-order valence-corrected chi connectivity index (χ4v) is 4.02. The Balaban J connectivity index is 1.40. The second-order valence-electron chi connectivity index (χ2n) is 7.75. The monoisotopic (exact) mass is 429 g/mol. The van der Waals surface area contributed by atoms with Gasteiger partial charge < -0.3 is 19.2 Å². The van der Waals surface area contributed by atoms with Crippen LogP contribution in [-0.2, 0) is 5.60 Å². The summed E-state index contributed by atoms with van der Waals surface area (Å²) in [5.74, 6) is 2.01. The van der Waals surface area contributed by atoms with Gasteiger partial charge in [0.2, 0.25) is 5.95 Å². The normalized spacial score (nSPS) is 15.5. The Hall–Kier alpha value is -3.78. The fraction of sp³-hybridized carbons (Fsp3) is 0.250. The molecule has 1 fully saturated rings. The summed E-state index contributed by atoms with van der Waals surface area (Å²) in [5, 5.41) is 11.2. The highest BCUT2D eigenvalue weighted by molar-refractivity contribution is 5.76. The molecule has 5 rings (SSSR count). The summed E-state index contributed by atoms with van der Waals surface area (Å²) >= 11 is 0. The third-order valence-corrected chi connectivity index (χ3v) is 5.87. The topological polar surface area (TPSA) is 97.4 Å². The Kier molecular flexibility index (Phi) is 5.28. The molecule has 0 spiro atoms. The number of benzene rings is 1. The van der Waals surface area contributed by atoms with E-state index in [9.17, 15) is 5.11 Å². The van der Waals surface area contributed by atoms with Crippen LogP contribution >= 0.6 is 0 Å². The van der Waals surface area contributed by atoms with Crippen molar-refractivity contribution in [3.05, 3.63) is 73.0 Å². The first-order valence-electron chi connectivity index (χ1n) is 10.5. The predicted molar refractivity (Wildman–Crippen MR) is 119 cm³/mol. The van der Waals surface area contributed by atoms with Crippen molar-refractivity contribution >= 4 is 5.95 Å². The molecule has 0 radical (unpaired) electrons. The Labute approximate surface area is 185 Å². The molecule has 0 aliphatic carbocycles. The molecule has 1 aromatic carbocycles. The fourth-order valence-electron chi connectivity index (χ4n) is 4.02. The van der Waals surface area contributed by atoms with E-state index in [0.29, 0.717) is 49.0 Å². The zero-order chi connectivity index (χ0) is 22.0. The molecule has 32 heavy (non-hydrogen) atoms. The number of anilines is 1. The smallest absolute Gasteiger partial charge is 0.226 e. The van der Waals surface area contributed by atoms with Crippen LogP contribution in [0.1, 0.15) is 18.4 Å². The van der Waals surface area contributed by atoms with Gasteiger partial charge in [0.05, 0.1) is 30.9 Å². The number of nitrogens with zero attached hydrogens (tertiary/aromatic N) is 5. The molecule has 1 aliphatic rings. The lowest BCUT2D eigenvalue weighted by molar-refractivity contribution is 0.0115. The van der Waals surface area contributed by atoms with Crippen LogP contribution in [-0.4, -0.2) is 45.2 Å². The molecule has 0 unspecified atom stereocenters. The number of aliphatic hydroxyl groups is 1. The van der Waals surface area contributed by atoms with Crippen LogP contribution in [0.5, 0.6) is 5.75 Å². The molecule has 4 heterocycles. The molecule has 1 N–H and O–H groups in total. The number of rotatable bonds is 5. The van der Waals surface area contributed by atoms with Gasteiger partial charge >= 0.3 is 0 Å². The van der Waals surface area contributed by atoms with Gasteiger partial charge in [0.25, 0.3) is 0 Å². The van der Waals surface area contributed by atoms with E-state index in [0.717, 1.165) is 16.9 Å². The SMILES string of the molecule is COc1ccc(C2(O)CCN(c3ncc(-c4cnccn4)c(-c4ccco4)n3)CC2)cc1. The number of ether oxygens (including phenoxy) is 1. The molecular formula is C24H23N5O3. The maximum atomic E-state index is 11.2.